The average molecular weight is 690 g/mol. The van der Waals surface area contributed by atoms with Crippen LogP contribution >= 0.6 is 0 Å². The molecule has 0 amide bonds. The number of benzene rings is 8. The number of furan rings is 2. The molecule has 0 saturated heterocycles. The van der Waals surface area contributed by atoms with Crippen LogP contribution in [0.3, 0.4) is 0 Å². The number of fused-ring (bicyclic) bond motifs is 9. The van der Waals surface area contributed by atoms with Gasteiger partial charge in [-0.1, -0.05) is 127 Å². The fourth-order valence-corrected chi connectivity index (χ4v) is 8.56. The Balaban J connectivity index is 1.14. The highest BCUT2D eigenvalue weighted by molar-refractivity contribution is 6.17. The standard InChI is InChI=1S/C49H27N3O2/c1-4-16-34(30(13-1)29-26-28-12-9-19-33-31-14-2-3-15-32(31)39(27-29)44(28)33)47-50-48(37-20-10-24-42-45(37)35-17-5-7-22-40(35)53-42)52-49(51-47)38-21-11-25-43-46(38)36-18-6-8-23-41(36)54-43/h1-27H. The zero-order chi connectivity index (χ0) is 35.3. The Morgan fingerprint density at radius 1 is 0.296 bits per heavy atom. The molecule has 0 bridgehead atoms. The lowest BCUT2D eigenvalue weighted by atomic mass is 9.93. The van der Waals surface area contributed by atoms with Crippen LogP contribution in [0.2, 0.25) is 0 Å². The Hall–Kier alpha value is -7.37. The van der Waals surface area contributed by atoms with Crippen molar-refractivity contribution in [1.82, 2.24) is 15.0 Å². The van der Waals surface area contributed by atoms with Gasteiger partial charge in [0.25, 0.3) is 0 Å². The summed E-state index contributed by atoms with van der Waals surface area (Å²) in [4.78, 5) is 15.9. The summed E-state index contributed by atoms with van der Waals surface area (Å²) in [6.45, 7) is 0. The summed E-state index contributed by atoms with van der Waals surface area (Å²) in [6.07, 6.45) is 0. The highest BCUT2D eigenvalue weighted by Gasteiger charge is 2.24. The molecule has 12 rings (SSSR count). The van der Waals surface area contributed by atoms with Gasteiger partial charge in [-0.2, -0.15) is 0 Å². The van der Waals surface area contributed by atoms with E-state index in [1.807, 2.05) is 60.7 Å². The molecule has 11 aromatic rings. The molecule has 3 heterocycles. The summed E-state index contributed by atoms with van der Waals surface area (Å²) in [5.74, 6) is 1.73. The fourth-order valence-electron chi connectivity index (χ4n) is 8.56. The Bertz CT molecular complexity index is 3220. The third kappa shape index (κ3) is 4.18. The van der Waals surface area contributed by atoms with E-state index < -0.39 is 0 Å². The monoisotopic (exact) mass is 689 g/mol. The van der Waals surface area contributed by atoms with E-state index in [9.17, 15) is 0 Å². The number of nitrogens with zero attached hydrogens (tertiary/aromatic N) is 3. The van der Waals surface area contributed by atoms with Gasteiger partial charge in [0.1, 0.15) is 22.3 Å². The molecule has 0 spiro atoms. The van der Waals surface area contributed by atoms with E-state index in [-0.39, 0.29) is 0 Å². The minimum absolute atomic E-state index is 0.572. The van der Waals surface area contributed by atoms with Gasteiger partial charge in [-0.15, -0.1) is 0 Å². The van der Waals surface area contributed by atoms with E-state index >= 15 is 0 Å². The Kier molecular flexibility index (Phi) is 5.99. The molecule has 0 saturated carbocycles. The first-order valence-corrected chi connectivity index (χ1v) is 18.1. The molecule has 1 aliphatic carbocycles. The largest absolute Gasteiger partial charge is 0.456 e. The van der Waals surface area contributed by atoms with E-state index in [0.717, 1.165) is 71.7 Å². The van der Waals surface area contributed by atoms with Gasteiger partial charge in [0, 0.05) is 38.2 Å². The zero-order valence-electron chi connectivity index (χ0n) is 28.7. The highest BCUT2D eigenvalue weighted by atomic mass is 16.3. The quantitative estimate of drug-likeness (QED) is 0.184. The van der Waals surface area contributed by atoms with Gasteiger partial charge in [0.2, 0.25) is 0 Å². The Labute approximate surface area is 308 Å². The lowest BCUT2D eigenvalue weighted by molar-refractivity contribution is 0.668. The van der Waals surface area contributed by atoms with Crippen LogP contribution in [0, 0.1) is 0 Å². The molecule has 54 heavy (non-hydrogen) atoms. The van der Waals surface area contributed by atoms with Gasteiger partial charge < -0.3 is 8.83 Å². The van der Waals surface area contributed by atoms with Crippen LogP contribution < -0.4 is 0 Å². The number of rotatable bonds is 4. The second-order valence-electron chi connectivity index (χ2n) is 13.9. The van der Waals surface area contributed by atoms with Gasteiger partial charge in [0.05, 0.1) is 0 Å². The van der Waals surface area contributed by atoms with Crippen LogP contribution in [0.4, 0.5) is 0 Å². The predicted molar refractivity (Wildman–Crippen MR) is 218 cm³/mol. The van der Waals surface area contributed by atoms with Crippen molar-refractivity contribution in [2.45, 2.75) is 0 Å². The molecular formula is C49H27N3O2. The molecule has 5 nitrogen and oxygen atoms in total. The summed E-state index contributed by atoms with van der Waals surface area (Å²) >= 11 is 0. The summed E-state index contributed by atoms with van der Waals surface area (Å²) in [5.41, 5.74) is 13.1. The van der Waals surface area contributed by atoms with Gasteiger partial charge in [-0.25, -0.2) is 15.0 Å². The molecule has 0 aliphatic heterocycles. The molecular weight excluding hydrogens is 663 g/mol. The molecule has 0 atom stereocenters. The molecule has 0 N–H and O–H groups in total. The minimum Gasteiger partial charge on any atom is -0.456 e. The van der Waals surface area contributed by atoms with Gasteiger partial charge in [-0.05, 0) is 80.6 Å². The molecule has 250 valence electrons. The molecule has 0 radical (unpaired) electrons. The first-order chi connectivity index (χ1) is 26.8. The summed E-state index contributed by atoms with van der Waals surface area (Å²) in [5, 5.41) is 6.49. The van der Waals surface area contributed by atoms with Crippen LogP contribution in [-0.2, 0) is 0 Å². The van der Waals surface area contributed by atoms with Crippen molar-refractivity contribution in [3.8, 4) is 67.5 Å². The highest BCUT2D eigenvalue weighted by Crippen LogP contribution is 2.49. The van der Waals surface area contributed by atoms with Crippen LogP contribution in [0.25, 0.3) is 122 Å². The maximum Gasteiger partial charge on any atom is 0.164 e. The number of para-hydroxylation sites is 2. The van der Waals surface area contributed by atoms with Crippen LogP contribution in [0.1, 0.15) is 0 Å². The summed E-state index contributed by atoms with van der Waals surface area (Å²) < 4.78 is 12.6. The van der Waals surface area contributed by atoms with Crippen molar-refractivity contribution in [3.05, 3.63) is 164 Å². The van der Waals surface area contributed by atoms with Crippen molar-refractivity contribution < 1.29 is 8.83 Å². The summed E-state index contributed by atoms with van der Waals surface area (Å²) in [6, 6.07) is 56.8. The van der Waals surface area contributed by atoms with Crippen molar-refractivity contribution in [3.63, 3.8) is 0 Å². The average Bonchev–Trinajstić information content (AvgIpc) is 3.91. The van der Waals surface area contributed by atoms with E-state index in [0.29, 0.717) is 17.5 Å². The number of aromatic nitrogens is 3. The lowest BCUT2D eigenvalue weighted by Crippen LogP contribution is -2.01. The Morgan fingerprint density at radius 2 is 0.741 bits per heavy atom. The molecule has 0 unspecified atom stereocenters. The van der Waals surface area contributed by atoms with Crippen molar-refractivity contribution in [2.75, 3.05) is 0 Å². The van der Waals surface area contributed by atoms with E-state index in [2.05, 4.69) is 103 Å². The van der Waals surface area contributed by atoms with Gasteiger partial charge in [0.15, 0.2) is 17.5 Å². The molecule has 1 aliphatic rings. The molecule has 8 aromatic carbocycles. The van der Waals surface area contributed by atoms with Crippen LogP contribution in [-0.4, -0.2) is 15.0 Å². The van der Waals surface area contributed by atoms with Crippen molar-refractivity contribution in [2.24, 2.45) is 0 Å². The predicted octanol–water partition coefficient (Wildman–Crippen LogP) is 13.1. The van der Waals surface area contributed by atoms with Crippen molar-refractivity contribution in [1.29, 1.82) is 0 Å². The normalized spacial score (nSPS) is 12.1. The van der Waals surface area contributed by atoms with Crippen LogP contribution in [0.15, 0.2) is 173 Å². The second kappa shape index (κ2) is 11.1. The SMILES string of the molecule is c1ccc(-c2nc(-c3cccc4oc5ccccc5c34)nc(-c3cccc4oc5ccccc5c34)n2)c(-c2cc3c4c(cccc4c2)-c2ccccc2-3)c1. The summed E-state index contributed by atoms with van der Waals surface area (Å²) in [7, 11) is 0. The molecule has 0 fully saturated rings. The zero-order valence-corrected chi connectivity index (χ0v) is 28.7. The maximum atomic E-state index is 6.32. The van der Waals surface area contributed by atoms with Gasteiger partial charge in [-0.3, -0.25) is 0 Å². The molecule has 3 aromatic heterocycles. The van der Waals surface area contributed by atoms with E-state index in [1.165, 1.54) is 33.0 Å². The topological polar surface area (TPSA) is 65.0 Å². The number of hydrogen-bond acceptors (Lipinski definition) is 5. The first kappa shape index (κ1) is 29.2. The third-order valence-corrected chi connectivity index (χ3v) is 10.9. The smallest absolute Gasteiger partial charge is 0.164 e. The molecule has 5 heteroatoms. The van der Waals surface area contributed by atoms with E-state index in [4.69, 9.17) is 23.8 Å². The third-order valence-electron chi connectivity index (χ3n) is 10.9. The minimum atomic E-state index is 0.572. The van der Waals surface area contributed by atoms with E-state index in [1.54, 1.807) is 0 Å². The number of hydrogen-bond donors (Lipinski definition) is 0. The fraction of sp³-hybridized carbons (Fsp3) is 0. The van der Waals surface area contributed by atoms with Crippen molar-refractivity contribution >= 4 is 54.6 Å². The Morgan fingerprint density at radius 3 is 1.37 bits per heavy atom. The second-order valence-corrected chi connectivity index (χ2v) is 13.9. The first-order valence-electron chi connectivity index (χ1n) is 18.1. The lowest BCUT2D eigenvalue weighted by Gasteiger charge is -2.14. The van der Waals surface area contributed by atoms with Crippen LogP contribution in [0.5, 0.6) is 0 Å². The maximum absolute atomic E-state index is 6.32. The van der Waals surface area contributed by atoms with Gasteiger partial charge >= 0.3 is 0 Å².